The second-order valence-electron chi connectivity index (χ2n) is 5.74. The first kappa shape index (κ1) is 16.4. The van der Waals surface area contributed by atoms with Crippen molar-refractivity contribution in [3.05, 3.63) is 40.9 Å². The molecule has 0 aliphatic carbocycles. The number of thiazole rings is 1. The van der Waals surface area contributed by atoms with Crippen molar-refractivity contribution in [3.63, 3.8) is 0 Å². The van der Waals surface area contributed by atoms with Gasteiger partial charge in [0.15, 0.2) is 0 Å². The van der Waals surface area contributed by atoms with Gasteiger partial charge in [-0.3, -0.25) is 4.90 Å². The Labute approximate surface area is 137 Å². The summed E-state index contributed by atoms with van der Waals surface area (Å²) in [7, 11) is 0. The van der Waals surface area contributed by atoms with E-state index in [1.807, 2.05) is 5.38 Å². The van der Waals surface area contributed by atoms with Crippen molar-refractivity contribution in [2.75, 3.05) is 19.6 Å². The third-order valence-electron chi connectivity index (χ3n) is 4.01. The van der Waals surface area contributed by atoms with E-state index in [9.17, 15) is 13.2 Å². The van der Waals surface area contributed by atoms with Gasteiger partial charge in [0, 0.05) is 43.2 Å². The number of aromatic nitrogens is 1. The number of nitrogens with one attached hydrogen (secondary N) is 1. The number of hydrogen-bond acceptors (Lipinski definition) is 4. The Kier molecular flexibility index (Phi) is 4.70. The van der Waals surface area contributed by atoms with Crippen molar-refractivity contribution < 1.29 is 13.2 Å². The zero-order valence-corrected chi connectivity index (χ0v) is 13.5. The molecule has 1 atom stereocenters. The lowest BCUT2D eigenvalue weighted by Gasteiger charge is -2.33. The number of nitrogens with zero attached hydrogens (tertiary/aromatic N) is 2. The lowest BCUT2D eigenvalue weighted by atomic mass is 10.1. The molecule has 2 aromatic rings. The van der Waals surface area contributed by atoms with Gasteiger partial charge in [-0.15, -0.1) is 11.3 Å². The predicted octanol–water partition coefficient (Wildman–Crippen LogP) is 3.62. The van der Waals surface area contributed by atoms with Crippen LogP contribution in [-0.4, -0.2) is 35.6 Å². The van der Waals surface area contributed by atoms with E-state index in [-0.39, 0.29) is 0 Å². The van der Waals surface area contributed by atoms with Crippen LogP contribution < -0.4 is 5.32 Å². The highest BCUT2D eigenvalue weighted by atomic mass is 32.1. The minimum absolute atomic E-state index is 0.458. The number of piperazine rings is 1. The molecule has 3 nitrogen and oxygen atoms in total. The van der Waals surface area contributed by atoms with E-state index in [2.05, 4.69) is 22.1 Å². The SMILES string of the molecule is C[C@H]1CNCCN1Cc1csc(-c2ccc(C(F)(F)F)cc2)n1. The van der Waals surface area contributed by atoms with Gasteiger partial charge in [0.2, 0.25) is 0 Å². The van der Waals surface area contributed by atoms with E-state index >= 15 is 0 Å². The zero-order valence-electron chi connectivity index (χ0n) is 12.7. The summed E-state index contributed by atoms with van der Waals surface area (Å²) in [4.78, 5) is 6.94. The van der Waals surface area contributed by atoms with Crippen LogP contribution in [0.25, 0.3) is 10.6 Å². The fraction of sp³-hybridized carbons (Fsp3) is 0.438. The van der Waals surface area contributed by atoms with Gasteiger partial charge in [-0.1, -0.05) is 12.1 Å². The molecule has 3 rings (SSSR count). The topological polar surface area (TPSA) is 28.2 Å². The van der Waals surface area contributed by atoms with E-state index in [4.69, 9.17) is 0 Å². The summed E-state index contributed by atoms with van der Waals surface area (Å²) in [6.07, 6.45) is -4.30. The van der Waals surface area contributed by atoms with Gasteiger partial charge in [0.05, 0.1) is 11.3 Å². The first-order chi connectivity index (χ1) is 10.9. The second-order valence-corrected chi connectivity index (χ2v) is 6.60. The number of halogens is 3. The summed E-state index contributed by atoms with van der Waals surface area (Å²) >= 11 is 1.47. The normalized spacial score (nSPS) is 19.9. The van der Waals surface area contributed by atoms with Crippen LogP contribution in [0, 0.1) is 0 Å². The number of benzene rings is 1. The fourth-order valence-corrected chi connectivity index (χ4v) is 3.46. The molecule has 0 saturated carbocycles. The summed E-state index contributed by atoms with van der Waals surface area (Å²) in [5.41, 5.74) is 1.06. The van der Waals surface area contributed by atoms with Crippen molar-refractivity contribution in [3.8, 4) is 10.6 Å². The highest BCUT2D eigenvalue weighted by molar-refractivity contribution is 7.13. The molecule has 124 valence electrons. The maximum absolute atomic E-state index is 12.6. The third kappa shape index (κ3) is 3.91. The van der Waals surface area contributed by atoms with Crippen molar-refractivity contribution in [2.24, 2.45) is 0 Å². The Bertz CT molecular complexity index is 651. The quantitative estimate of drug-likeness (QED) is 0.924. The molecule has 2 heterocycles. The molecule has 23 heavy (non-hydrogen) atoms. The molecule has 1 aromatic heterocycles. The predicted molar refractivity (Wildman–Crippen MR) is 85.3 cm³/mol. The molecule has 1 N–H and O–H groups in total. The van der Waals surface area contributed by atoms with Gasteiger partial charge in [-0.05, 0) is 19.1 Å². The molecular weight excluding hydrogens is 323 g/mol. The molecule has 0 radical (unpaired) electrons. The lowest BCUT2D eigenvalue weighted by molar-refractivity contribution is -0.137. The van der Waals surface area contributed by atoms with Gasteiger partial charge >= 0.3 is 6.18 Å². The van der Waals surface area contributed by atoms with E-state index in [0.717, 1.165) is 54.6 Å². The molecule has 1 aliphatic heterocycles. The molecule has 0 amide bonds. The first-order valence-corrected chi connectivity index (χ1v) is 8.38. The summed E-state index contributed by atoms with van der Waals surface area (Å²) in [6.45, 7) is 5.87. The Hall–Kier alpha value is -1.44. The standard InChI is InChI=1S/C16H18F3N3S/c1-11-8-20-6-7-22(11)9-14-10-23-15(21-14)12-2-4-13(5-3-12)16(17,18)19/h2-5,10-11,20H,6-9H2,1H3/t11-/m0/s1. The zero-order chi connectivity index (χ0) is 16.4. The first-order valence-electron chi connectivity index (χ1n) is 7.50. The molecule has 0 bridgehead atoms. The van der Waals surface area contributed by atoms with Crippen molar-refractivity contribution >= 4 is 11.3 Å². The second kappa shape index (κ2) is 6.59. The third-order valence-corrected chi connectivity index (χ3v) is 4.96. The fourth-order valence-electron chi connectivity index (χ4n) is 2.64. The van der Waals surface area contributed by atoms with Crippen molar-refractivity contribution in [2.45, 2.75) is 25.7 Å². The van der Waals surface area contributed by atoms with Crippen molar-refractivity contribution in [1.82, 2.24) is 15.2 Å². The minimum atomic E-state index is -4.30. The summed E-state index contributed by atoms with van der Waals surface area (Å²) < 4.78 is 37.8. The smallest absolute Gasteiger partial charge is 0.314 e. The monoisotopic (exact) mass is 341 g/mol. The molecule has 1 fully saturated rings. The maximum Gasteiger partial charge on any atom is 0.416 e. The van der Waals surface area contributed by atoms with Crippen LogP contribution in [0.4, 0.5) is 13.2 Å². The van der Waals surface area contributed by atoms with Crippen LogP contribution in [0.1, 0.15) is 18.2 Å². The van der Waals surface area contributed by atoms with E-state index < -0.39 is 11.7 Å². The Balaban J connectivity index is 1.71. The summed E-state index contributed by atoms with van der Waals surface area (Å²) in [5.74, 6) is 0. The average molecular weight is 341 g/mol. The molecular formula is C16H18F3N3S. The van der Waals surface area contributed by atoms with E-state index in [0.29, 0.717) is 6.04 Å². The number of hydrogen-bond donors (Lipinski definition) is 1. The summed E-state index contributed by atoms with van der Waals surface area (Å²) in [6, 6.07) is 5.64. The Morgan fingerprint density at radius 1 is 1.30 bits per heavy atom. The average Bonchev–Trinajstić information content (AvgIpc) is 2.97. The van der Waals surface area contributed by atoms with Crippen LogP contribution in [0.15, 0.2) is 29.6 Å². The highest BCUT2D eigenvalue weighted by Crippen LogP contribution is 2.31. The summed E-state index contributed by atoms with van der Waals surface area (Å²) in [5, 5.41) is 6.10. The molecule has 0 unspecified atom stereocenters. The van der Waals surface area contributed by atoms with Crippen molar-refractivity contribution in [1.29, 1.82) is 0 Å². The largest absolute Gasteiger partial charge is 0.416 e. The Morgan fingerprint density at radius 3 is 2.70 bits per heavy atom. The van der Waals surface area contributed by atoms with E-state index in [1.54, 1.807) is 0 Å². The highest BCUT2D eigenvalue weighted by Gasteiger charge is 2.30. The van der Waals surface area contributed by atoms with Gasteiger partial charge in [0.1, 0.15) is 5.01 Å². The van der Waals surface area contributed by atoms with Crippen LogP contribution in [0.3, 0.4) is 0 Å². The molecule has 1 aliphatic rings. The molecule has 1 aromatic carbocycles. The minimum Gasteiger partial charge on any atom is -0.314 e. The molecule has 0 spiro atoms. The lowest BCUT2D eigenvalue weighted by Crippen LogP contribution is -2.49. The van der Waals surface area contributed by atoms with Gasteiger partial charge in [-0.25, -0.2) is 4.98 Å². The van der Waals surface area contributed by atoms with Crippen LogP contribution in [-0.2, 0) is 12.7 Å². The Morgan fingerprint density at radius 2 is 2.04 bits per heavy atom. The molecule has 1 saturated heterocycles. The van der Waals surface area contributed by atoms with Gasteiger partial charge in [0.25, 0.3) is 0 Å². The van der Waals surface area contributed by atoms with Crippen LogP contribution in [0.2, 0.25) is 0 Å². The van der Waals surface area contributed by atoms with E-state index in [1.165, 1.54) is 23.5 Å². The number of rotatable bonds is 3. The van der Waals surface area contributed by atoms with Crippen LogP contribution in [0.5, 0.6) is 0 Å². The van der Waals surface area contributed by atoms with Gasteiger partial charge < -0.3 is 5.32 Å². The number of alkyl halides is 3. The molecule has 7 heteroatoms. The van der Waals surface area contributed by atoms with Gasteiger partial charge in [-0.2, -0.15) is 13.2 Å². The maximum atomic E-state index is 12.6. The van der Waals surface area contributed by atoms with Crippen LogP contribution >= 0.6 is 11.3 Å².